The van der Waals surface area contributed by atoms with Gasteiger partial charge in [-0.15, -0.1) is 0 Å². The van der Waals surface area contributed by atoms with Gasteiger partial charge in [-0.2, -0.15) is 0 Å². The molecule has 0 aromatic heterocycles. The summed E-state index contributed by atoms with van der Waals surface area (Å²) in [6.07, 6.45) is 1.45. The van der Waals surface area contributed by atoms with Gasteiger partial charge in [-0.3, -0.25) is 0 Å². The number of carbonyl (C=O) groups excluding carboxylic acids is 2. The van der Waals surface area contributed by atoms with Crippen LogP contribution in [0.4, 0.5) is 0 Å². The molecule has 0 fully saturated rings. The highest BCUT2D eigenvalue weighted by atomic mass is 16.6. The van der Waals surface area contributed by atoms with Gasteiger partial charge >= 0.3 is 11.9 Å². The van der Waals surface area contributed by atoms with Gasteiger partial charge < -0.3 is 14.4 Å². The van der Waals surface area contributed by atoms with E-state index < -0.39 is 11.9 Å². The van der Waals surface area contributed by atoms with Gasteiger partial charge in [-0.25, -0.2) is 9.59 Å². The minimum absolute atomic E-state index is 0.0302. The lowest BCUT2D eigenvalue weighted by Crippen LogP contribution is -2.16. The van der Waals surface area contributed by atoms with Crippen molar-refractivity contribution in [3.63, 3.8) is 0 Å². The van der Waals surface area contributed by atoms with Crippen LogP contribution in [0.3, 0.4) is 0 Å². The van der Waals surface area contributed by atoms with Crippen LogP contribution in [-0.4, -0.2) is 50.7 Å². The van der Waals surface area contributed by atoms with Crippen molar-refractivity contribution < 1.29 is 19.1 Å². The molecule has 0 atom stereocenters. The van der Waals surface area contributed by atoms with Gasteiger partial charge in [-0.1, -0.05) is 13.2 Å². The Balaban J connectivity index is 3.71. The zero-order chi connectivity index (χ0) is 14.8. The van der Waals surface area contributed by atoms with E-state index in [1.807, 2.05) is 19.0 Å². The summed E-state index contributed by atoms with van der Waals surface area (Å²) in [6.45, 7) is 9.63. The Morgan fingerprint density at radius 1 is 1.05 bits per heavy atom. The summed E-state index contributed by atoms with van der Waals surface area (Å²) in [5.41, 5.74) is 0.757. The molecule has 0 rings (SSSR count). The summed E-state index contributed by atoms with van der Waals surface area (Å²) in [7, 11) is 3.94. The van der Waals surface area contributed by atoms with E-state index in [0.717, 1.165) is 13.0 Å². The second kappa shape index (κ2) is 9.33. The smallest absolute Gasteiger partial charge is 0.333 e. The minimum Gasteiger partial charge on any atom is -0.459 e. The molecule has 0 saturated heterocycles. The molecular weight excluding hydrogens is 246 g/mol. The maximum absolute atomic E-state index is 11.5. The molecule has 0 unspecified atom stereocenters. The van der Waals surface area contributed by atoms with Crippen LogP contribution < -0.4 is 0 Å². The molecule has 0 aliphatic rings. The van der Waals surface area contributed by atoms with Crippen molar-refractivity contribution in [1.82, 2.24) is 4.90 Å². The zero-order valence-electron chi connectivity index (χ0n) is 12.0. The van der Waals surface area contributed by atoms with E-state index in [0.29, 0.717) is 17.6 Å². The van der Waals surface area contributed by atoms with Gasteiger partial charge in [0.1, 0.15) is 13.2 Å². The standard InChI is InChI=1S/C14H23NO4/c1-11(2)13(16)18-9-10-19-14(17)12(3)7-6-8-15(4)5/h1,3,6-10H2,2,4-5H3. The molecule has 0 aliphatic carbocycles. The predicted molar refractivity (Wildman–Crippen MR) is 73.7 cm³/mol. The fourth-order valence-corrected chi connectivity index (χ4v) is 1.20. The maximum atomic E-state index is 11.5. The van der Waals surface area contributed by atoms with Crippen LogP contribution in [0.15, 0.2) is 24.3 Å². The first-order chi connectivity index (χ1) is 8.84. The molecular formula is C14H23NO4. The Labute approximate surface area is 114 Å². The summed E-state index contributed by atoms with van der Waals surface area (Å²) in [5.74, 6) is -0.925. The fourth-order valence-electron chi connectivity index (χ4n) is 1.20. The van der Waals surface area contributed by atoms with E-state index in [-0.39, 0.29) is 13.2 Å². The highest BCUT2D eigenvalue weighted by molar-refractivity contribution is 5.88. The molecule has 0 aliphatic heterocycles. The number of rotatable bonds is 9. The summed E-state index contributed by atoms with van der Waals surface area (Å²) >= 11 is 0. The summed E-state index contributed by atoms with van der Waals surface area (Å²) in [5, 5.41) is 0. The van der Waals surface area contributed by atoms with Crippen molar-refractivity contribution in [1.29, 1.82) is 0 Å². The SMILES string of the molecule is C=C(C)C(=O)OCCOC(=O)C(=C)CCCN(C)C. The van der Waals surface area contributed by atoms with Crippen molar-refractivity contribution >= 4 is 11.9 Å². The van der Waals surface area contributed by atoms with Crippen LogP contribution in [0, 0.1) is 0 Å². The van der Waals surface area contributed by atoms with Crippen molar-refractivity contribution in [3.8, 4) is 0 Å². The molecule has 0 amide bonds. The lowest BCUT2D eigenvalue weighted by atomic mass is 10.1. The highest BCUT2D eigenvalue weighted by Crippen LogP contribution is 2.05. The van der Waals surface area contributed by atoms with Crippen molar-refractivity contribution in [2.24, 2.45) is 0 Å². The fraction of sp³-hybridized carbons (Fsp3) is 0.571. The number of nitrogens with zero attached hydrogens (tertiary/aromatic N) is 1. The number of carbonyl (C=O) groups is 2. The molecule has 0 heterocycles. The number of esters is 2. The zero-order valence-corrected chi connectivity index (χ0v) is 12.0. The van der Waals surface area contributed by atoms with Gasteiger partial charge in [0, 0.05) is 11.1 Å². The third-order valence-electron chi connectivity index (χ3n) is 2.27. The monoisotopic (exact) mass is 269 g/mol. The van der Waals surface area contributed by atoms with Crippen LogP contribution in [0.2, 0.25) is 0 Å². The maximum Gasteiger partial charge on any atom is 0.333 e. The first kappa shape index (κ1) is 17.4. The van der Waals surface area contributed by atoms with Crippen LogP contribution in [0.5, 0.6) is 0 Å². The Morgan fingerprint density at radius 2 is 1.58 bits per heavy atom. The van der Waals surface area contributed by atoms with E-state index in [2.05, 4.69) is 13.2 Å². The lowest BCUT2D eigenvalue weighted by Gasteiger charge is -2.10. The van der Waals surface area contributed by atoms with Crippen LogP contribution in [0.25, 0.3) is 0 Å². The van der Waals surface area contributed by atoms with Gasteiger partial charge in [0.2, 0.25) is 0 Å². The van der Waals surface area contributed by atoms with Gasteiger partial charge in [0.25, 0.3) is 0 Å². The van der Waals surface area contributed by atoms with E-state index in [4.69, 9.17) is 9.47 Å². The Hall–Kier alpha value is -1.62. The van der Waals surface area contributed by atoms with Gasteiger partial charge in [-0.05, 0) is 40.4 Å². The van der Waals surface area contributed by atoms with E-state index in [9.17, 15) is 9.59 Å². The topological polar surface area (TPSA) is 55.8 Å². The van der Waals surface area contributed by atoms with Crippen molar-refractivity contribution in [2.75, 3.05) is 33.9 Å². The molecule has 5 nitrogen and oxygen atoms in total. The third-order valence-corrected chi connectivity index (χ3v) is 2.27. The normalized spacial score (nSPS) is 10.1. The molecule has 0 bridgehead atoms. The summed E-state index contributed by atoms with van der Waals surface area (Å²) in [6, 6.07) is 0. The Kier molecular flexibility index (Phi) is 8.53. The molecule has 0 aromatic rings. The molecule has 19 heavy (non-hydrogen) atoms. The summed E-state index contributed by atoms with van der Waals surface area (Å²) < 4.78 is 9.73. The third kappa shape index (κ3) is 9.02. The minimum atomic E-state index is -0.485. The molecule has 0 saturated carbocycles. The number of hydrogen-bond donors (Lipinski definition) is 0. The molecule has 0 radical (unpaired) electrons. The van der Waals surface area contributed by atoms with E-state index in [1.54, 1.807) is 6.92 Å². The van der Waals surface area contributed by atoms with E-state index in [1.165, 1.54) is 0 Å². The molecule has 0 N–H and O–H groups in total. The average molecular weight is 269 g/mol. The quantitative estimate of drug-likeness (QED) is 0.361. The van der Waals surface area contributed by atoms with Gasteiger partial charge in [0.05, 0.1) is 0 Å². The molecule has 0 spiro atoms. The number of ether oxygens (including phenoxy) is 2. The second-order valence-corrected chi connectivity index (χ2v) is 4.56. The first-order valence-electron chi connectivity index (χ1n) is 6.17. The van der Waals surface area contributed by atoms with Crippen LogP contribution in [-0.2, 0) is 19.1 Å². The van der Waals surface area contributed by atoms with Crippen molar-refractivity contribution in [2.45, 2.75) is 19.8 Å². The Bertz CT molecular complexity index is 347. The predicted octanol–water partition coefficient (Wildman–Crippen LogP) is 1.55. The molecule has 0 aromatic carbocycles. The summed E-state index contributed by atoms with van der Waals surface area (Å²) in [4.78, 5) is 24.6. The lowest BCUT2D eigenvalue weighted by molar-refractivity contribution is -0.147. The van der Waals surface area contributed by atoms with E-state index >= 15 is 0 Å². The van der Waals surface area contributed by atoms with Crippen LogP contribution in [0.1, 0.15) is 19.8 Å². The second-order valence-electron chi connectivity index (χ2n) is 4.56. The van der Waals surface area contributed by atoms with Crippen molar-refractivity contribution in [3.05, 3.63) is 24.3 Å². The highest BCUT2D eigenvalue weighted by Gasteiger charge is 2.09. The average Bonchev–Trinajstić information content (AvgIpc) is 2.33. The molecule has 108 valence electrons. The van der Waals surface area contributed by atoms with Crippen LogP contribution >= 0.6 is 0 Å². The number of hydrogen-bond acceptors (Lipinski definition) is 5. The first-order valence-corrected chi connectivity index (χ1v) is 6.17. The molecule has 5 heteroatoms. The van der Waals surface area contributed by atoms with Gasteiger partial charge in [0.15, 0.2) is 0 Å². The Morgan fingerprint density at radius 3 is 2.05 bits per heavy atom. The largest absolute Gasteiger partial charge is 0.459 e.